The van der Waals surface area contributed by atoms with Crippen molar-refractivity contribution in [2.75, 3.05) is 6.54 Å². The average molecular weight is 433 g/mol. The van der Waals surface area contributed by atoms with E-state index in [4.69, 9.17) is 0 Å². The second kappa shape index (κ2) is 12.5. The Kier molecular flexibility index (Phi) is 10.0. The summed E-state index contributed by atoms with van der Waals surface area (Å²) in [6, 6.07) is 10.2. The molecule has 0 N–H and O–H groups in total. The van der Waals surface area contributed by atoms with Crippen LogP contribution in [0.3, 0.4) is 0 Å². The lowest BCUT2D eigenvalue weighted by atomic mass is 10.1. The topological polar surface area (TPSA) is 40.6 Å². The highest BCUT2D eigenvalue weighted by Crippen LogP contribution is 2.17. The van der Waals surface area contributed by atoms with Crippen LogP contribution in [0.4, 0.5) is 4.39 Å². The maximum absolute atomic E-state index is 13.3. The van der Waals surface area contributed by atoms with Gasteiger partial charge in [0.15, 0.2) is 0 Å². The zero-order valence-electron chi connectivity index (χ0n) is 18.3. The number of nitrogens with zero attached hydrogens (tertiary/aromatic N) is 2. The lowest BCUT2D eigenvalue weighted by Gasteiger charge is -2.31. The molecule has 0 saturated carbocycles. The molecule has 1 aromatic heterocycles. The fourth-order valence-electron chi connectivity index (χ4n) is 3.26. The minimum atomic E-state index is -0.296. The number of benzene rings is 1. The molecule has 1 heterocycles. The summed E-state index contributed by atoms with van der Waals surface area (Å²) in [5.41, 5.74) is 0.866. The summed E-state index contributed by atoms with van der Waals surface area (Å²) in [5, 5.41) is 1.98. The first-order valence-electron chi connectivity index (χ1n) is 10.8. The van der Waals surface area contributed by atoms with Gasteiger partial charge in [-0.05, 0) is 48.9 Å². The van der Waals surface area contributed by atoms with E-state index < -0.39 is 0 Å². The van der Waals surface area contributed by atoms with Gasteiger partial charge in [0.2, 0.25) is 11.8 Å². The minimum Gasteiger partial charge on any atom is -0.332 e. The maximum Gasteiger partial charge on any atom is 0.242 e. The number of unbranched alkanes of at least 4 members (excludes halogenated alkanes) is 2. The molecular weight excluding hydrogens is 399 g/mol. The van der Waals surface area contributed by atoms with E-state index in [1.54, 1.807) is 33.3 Å². The van der Waals surface area contributed by atoms with Gasteiger partial charge in [-0.15, -0.1) is 11.3 Å². The Morgan fingerprint density at radius 1 is 1.03 bits per heavy atom. The molecule has 0 saturated heterocycles. The Labute approximate surface area is 183 Å². The highest BCUT2D eigenvalue weighted by Gasteiger charge is 2.24. The van der Waals surface area contributed by atoms with E-state index in [-0.39, 0.29) is 30.2 Å². The molecular formula is C24H33FN2O2S. The van der Waals surface area contributed by atoms with Crippen molar-refractivity contribution in [3.8, 4) is 0 Å². The Morgan fingerprint density at radius 3 is 2.37 bits per heavy atom. The highest BCUT2D eigenvalue weighted by molar-refractivity contribution is 7.09. The van der Waals surface area contributed by atoms with E-state index in [1.165, 1.54) is 12.1 Å². The van der Waals surface area contributed by atoms with Crippen LogP contribution in [0, 0.1) is 5.82 Å². The summed E-state index contributed by atoms with van der Waals surface area (Å²) in [7, 11) is 0. The van der Waals surface area contributed by atoms with Gasteiger partial charge in [-0.1, -0.05) is 44.9 Å². The van der Waals surface area contributed by atoms with E-state index in [9.17, 15) is 14.0 Å². The molecule has 4 nitrogen and oxygen atoms in total. The molecule has 0 spiro atoms. The second-order valence-electron chi connectivity index (χ2n) is 7.69. The summed E-state index contributed by atoms with van der Waals surface area (Å²) in [4.78, 5) is 30.6. The molecule has 0 aliphatic heterocycles. The number of hydrogen-bond donors (Lipinski definition) is 0. The van der Waals surface area contributed by atoms with E-state index in [0.29, 0.717) is 19.5 Å². The molecule has 6 heteroatoms. The van der Waals surface area contributed by atoms with Crippen molar-refractivity contribution in [2.45, 2.75) is 72.0 Å². The van der Waals surface area contributed by atoms with Gasteiger partial charge in [0.05, 0.1) is 6.54 Å². The van der Waals surface area contributed by atoms with E-state index in [1.807, 2.05) is 31.4 Å². The molecule has 2 aromatic rings. The Morgan fingerprint density at radius 2 is 1.77 bits per heavy atom. The number of carbonyl (C=O) groups excluding carboxylic acids is 2. The van der Waals surface area contributed by atoms with Crippen LogP contribution in [0.15, 0.2) is 41.8 Å². The lowest BCUT2D eigenvalue weighted by molar-refractivity contribution is -0.143. The molecule has 1 atom stereocenters. The molecule has 0 fully saturated rings. The van der Waals surface area contributed by atoms with Crippen LogP contribution >= 0.6 is 11.3 Å². The van der Waals surface area contributed by atoms with Gasteiger partial charge in [0, 0.05) is 23.9 Å². The summed E-state index contributed by atoms with van der Waals surface area (Å²) in [6.45, 7) is 7.07. The van der Waals surface area contributed by atoms with Gasteiger partial charge in [-0.3, -0.25) is 9.59 Å². The van der Waals surface area contributed by atoms with Crippen LogP contribution in [0.2, 0.25) is 0 Å². The number of halogens is 1. The zero-order valence-corrected chi connectivity index (χ0v) is 19.1. The van der Waals surface area contributed by atoms with E-state index >= 15 is 0 Å². The first-order valence-corrected chi connectivity index (χ1v) is 11.7. The minimum absolute atomic E-state index is 0.0116. The predicted molar refractivity (Wildman–Crippen MR) is 121 cm³/mol. The van der Waals surface area contributed by atoms with Gasteiger partial charge in [0.25, 0.3) is 0 Å². The van der Waals surface area contributed by atoms with Crippen LogP contribution in [-0.4, -0.2) is 34.2 Å². The summed E-state index contributed by atoms with van der Waals surface area (Å²) >= 11 is 1.60. The Bertz CT molecular complexity index is 777. The van der Waals surface area contributed by atoms with Crippen LogP contribution in [0.25, 0.3) is 0 Å². The number of thiophene rings is 1. The molecule has 164 valence electrons. The largest absolute Gasteiger partial charge is 0.332 e. The Hall–Kier alpha value is -2.21. The summed E-state index contributed by atoms with van der Waals surface area (Å²) in [6.07, 6.45) is 4.21. The van der Waals surface area contributed by atoms with Crippen molar-refractivity contribution in [1.82, 2.24) is 9.80 Å². The maximum atomic E-state index is 13.3. The fraction of sp³-hybridized carbons (Fsp3) is 0.500. The third kappa shape index (κ3) is 7.56. The molecule has 0 radical (unpaired) electrons. The number of rotatable bonds is 12. The van der Waals surface area contributed by atoms with E-state index in [2.05, 4.69) is 6.92 Å². The third-order valence-corrected chi connectivity index (χ3v) is 6.17. The van der Waals surface area contributed by atoms with Crippen molar-refractivity contribution in [2.24, 2.45) is 0 Å². The highest BCUT2D eigenvalue weighted by atomic mass is 32.1. The first kappa shape index (κ1) is 24.1. The van der Waals surface area contributed by atoms with Crippen molar-refractivity contribution >= 4 is 23.2 Å². The van der Waals surface area contributed by atoms with Crippen LogP contribution in [-0.2, 0) is 22.7 Å². The van der Waals surface area contributed by atoms with Crippen molar-refractivity contribution in [1.29, 1.82) is 0 Å². The number of amides is 2. The summed E-state index contributed by atoms with van der Waals surface area (Å²) < 4.78 is 13.3. The van der Waals surface area contributed by atoms with Crippen molar-refractivity contribution in [3.05, 3.63) is 58.0 Å². The molecule has 2 rings (SSSR count). The molecule has 0 aliphatic rings. The second-order valence-corrected chi connectivity index (χ2v) is 8.72. The quantitative estimate of drug-likeness (QED) is 0.408. The predicted octanol–water partition coefficient (Wildman–Crippen LogP) is 5.62. The van der Waals surface area contributed by atoms with Gasteiger partial charge < -0.3 is 9.80 Å². The first-order chi connectivity index (χ1) is 14.4. The normalized spacial score (nSPS) is 11.9. The summed E-state index contributed by atoms with van der Waals surface area (Å²) in [5.74, 6) is -0.337. The SMILES string of the molecule is CCCCCC(=O)N(CC(=O)N(Cc1ccc(F)cc1)Cc1cccs1)[C@H](C)CC. The number of hydrogen-bond acceptors (Lipinski definition) is 3. The van der Waals surface area contributed by atoms with Gasteiger partial charge in [-0.25, -0.2) is 4.39 Å². The average Bonchev–Trinajstić information content (AvgIpc) is 3.25. The molecule has 2 amide bonds. The van der Waals surface area contributed by atoms with Crippen LogP contribution in [0.5, 0.6) is 0 Å². The van der Waals surface area contributed by atoms with Gasteiger partial charge >= 0.3 is 0 Å². The third-order valence-electron chi connectivity index (χ3n) is 5.31. The smallest absolute Gasteiger partial charge is 0.242 e. The molecule has 0 aliphatic carbocycles. The fourth-order valence-corrected chi connectivity index (χ4v) is 3.98. The Balaban J connectivity index is 2.14. The van der Waals surface area contributed by atoms with Crippen molar-refractivity contribution in [3.63, 3.8) is 0 Å². The lowest BCUT2D eigenvalue weighted by Crippen LogP contribution is -2.46. The van der Waals surface area contributed by atoms with Gasteiger partial charge in [0.1, 0.15) is 12.4 Å². The molecule has 0 unspecified atom stereocenters. The monoisotopic (exact) mass is 432 g/mol. The van der Waals surface area contributed by atoms with Crippen LogP contribution < -0.4 is 0 Å². The molecule has 0 bridgehead atoms. The van der Waals surface area contributed by atoms with Crippen molar-refractivity contribution < 1.29 is 14.0 Å². The standard InChI is InChI=1S/C24H33FN2O2S/c1-4-6-7-10-23(28)27(19(3)5-2)18-24(29)26(17-22-9-8-15-30-22)16-20-11-13-21(25)14-12-20/h8-9,11-15,19H,4-7,10,16-18H2,1-3H3/t19-/m1/s1. The van der Waals surface area contributed by atoms with Crippen LogP contribution in [0.1, 0.15) is 63.3 Å². The van der Waals surface area contributed by atoms with E-state index in [0.717, 1.165) is 36.1 Å². The molecule has 1 aromatic carbocycles. The zero-order chi connectivity index (χ0) is 21.9. The van der Waals surface area contributed by atoms with Gasteiger partial charge in [-0.2, -0.15) is 0 Å². The number of carbonyl (C=O) groups is 2. The molecule has 30 heavy (non-hydrogen) atoms.